The van der Waals surface area contributed by atoms with Crippen molar-refractivity contribution in [1.29, 1.82) is 0 Å². The van der Waals surface area contributed by atoms with Crippen LogP contribution in [0.15, 0.2) is 60.7 Å². The van der Waals surface area contributed by atoms with Gasteiger partial charge >= 0.3 is 5.97 Å². The van der Waals surface area contributed by atoms with Crippen LogP contribution in [0.5, 0.6) is 5.88 Å². The van der Waals surface area contributed by atoms with Crippen molar-refractivity contribution >= 4 is 17.0 Å². The van der Waals surface area contributed by atoms with Crippen LogP contribution in [0, 0.1) is 24.5 Å². The highest BCUT2D eigenvalue weighted by Crippen LogP contribution is 2.28. The molecule has 5 aromatic rings. The fraction of sp³-hybridized carbons (Fsp3) is 0.200. The topological polar surface area (TPSA) is 99.4 Å². The molecular formula is C30H25F3N4O4. The van der Waals surface area contributed by atoms with Crippen LogP contribution >= 0.6 is 0 Å². The fourth-order valence-electron chi connectivity index (χ4n) is 4.42. The number of pyridine rings is 2. The number of rotatable bonds is 10. The van der Waals surface area contributed by atoms with E-state index in [0.29, 0.717) is 35.7 Å². The number of ether oxygens (including phenoxy) is 2. The Morgan fingerprint density at radius 1 is 0.951 bits per heavy atom. The summed E-state index contributed by atoms with van der Waals surface area (Å²) in [5.74, 6) is -2.57. The minimum absolute atomic E-state index is 0.0451. The van der Waals surface area contributed by atoms with Crippen molar-refractivity contribution < 1.29 is 32.5 Å². The van der Waals surface area contributed by atoms with Gasteiger partial charge in [0.15, 0.2) is 0 Å². The van der Waals surface area contributed by atoms with E-state index in [2.05, 4.69) is 15.0 Å². The van der Waals surface area contributed by atoms with Crippen molar-refractivity contribution in [2.75, 3.05) is 13.7 Å². The van der Waals surface area contributed by atoms with Crippen LogP contribution in [0.2, 0.25) is 0 Å². The van der Waals surface area contributed by atoms with Gasteiger partial charge in [-0.2, -0.15) is 4.39 Å². The molecule has 0 aliphatic carbocycles. The smallest absolute Gasteiger partial charge is 0.335 e. The molecule has 0 radical (unpaired) electrons. The fourth-order valence-corrected chi connectivity index (χ4v) is 4.42. The van der Waals surface area contributed by atoms with Crippen molar-refractivity contribution in [3.8, 4) is 17.1 Å². The van der Waals surface area contributed by atoms with Gasteiger partial charge < -0.3 is 19.1 Å². The predicted molar refractivity (Wildman–Crippen MR) is 144 cm³/mol. The lowest BCUT2D eigenvalue weighted by Crippen LogP contribution is -2.10. The third-order valence-electron chi connectivity index (χ3n) is 6.52. The van der Waals surface area contributed by atoms with Crippen molar-refractivity contribution in [1.82, 2.24) is 19.5 Å². The van der Waals surface area contributed by atoms with Gasteiger partial charge in [0.2, 0.25) is 11.8 Å². The molecular weight excluding hydrogens is 537 g/mol. The summed E-state index contributed by atoms with van der Waals surface area (Å²) in [6.45, 7) is 2.19. The average Bonchev–Trinajstić information content (AvgIpc) is 3.29. The van der Waals surface area contributed by atoms with E-state index in [4.69, 9.17) is 9.47 Å². The number of benzene rings is 2. The van der Waals surface area contributed by atoms with Crippen LogP contribution < -0.4 is 4.74 Å². The number of imidazole rings is 1. The minimum Gasteiger partial charge on any atom is -0.478 e. The van der Waals surface area contributed by atoms with E-state index in [1.165, 1.54) is 31.4 Å². The standard InChI is InChI=1S/C30H25F3N4O4/c1-17-6-7-19(29(33)34-17)16-41-28-5-3-4-24(36-28)21-15-22(31)20(12-23(21)32)14-27-35-25-9-8-18(30(38)39)13-26(25)37(27)10-11-40-2/h3-9,12-13,15H,10-11,14,16H2,1-2H3,(H,38,39). The molecule has 0 fully saturated rings. The number of nitrogens with zero attached hydrogens (tertiary/aromatic N) is 4. The third kappa shape index (κ3) is 6.04. The van der Waals surface area contributed by atoms with E-state index in [1.807, 2.05) is 0 Å². The van der Waals surface area contributed by atoms with Gasteiger partial charge in [-0.15, -0.1) is 0 Å². The molecule has 0 saturated carbocycles. The molecule has 0 bridgehead atoms. The van der Waals surface area contributed by atoms with Crippen molar-refractivity contribution in [3.05, 3.63) is 106 Å². The summed E-state index contributed by atoms with van der Waals surface area (Å²) >= 11 is 0. The second kappa shape index (κ2) is 11.8. The highest BCUT2D eigenvalue weighted by molar-refractivity contribution is 5.92. The number of hydrogen-bond acceptors (Lipinski definition) is 6. The molecule has 1 N–H and O–H groups in total. The zero-order valence-corrected chi connectivity index (χ0v) is 22.2. The first-order valence-electron chi connectivity index (χ1n) is 12.6. The molecule has 210 valence electrons. The number of aryl methyl sites for hydroxylation is 1. The molecule has 0 aliphatic rings. The molecule has 2 aromatic carbocycles. The summed E-state index contributed by atoms with van der Waals surface area (Å²) in [4.78, 5) is 24.0. The summed E-state index contributed by atoms with van der Waals surface area (Å²) in [7, 11) is 1.53. The van der Waals surface area contributed by atoms with Gasteiger partial charge in [-0.1, -0.05) is 6.07 Å². The first kappa shape index (κ1) is 27.8. The Hall–Kier alpha value is -4.77. The monoisotopic (exact) mass is 562 g/mol. The van der Waals surface area contributed by atoms with Crippen molar-refractivity contribution in [3.63, 3.8) is 0 Å². The molecule has 5 rings (SSSR count). The van der Waals surface area contributed by atoms with Crippen LogP contribution in [0.25, 0.3) is 22.3 Å². The number of halogens is 3. The molecule has 3 aromatic heterocycles. The SMILES string of the molecule is COCCn1c(Cc2cc(F)c(-c3cccc(OCc4ccc(C)nc4F)n3)cc2F)nc2ccc(C(=O)O)cc21. The van der Waals surface area contributed by atoms with Gasteiger partial charge in [0.1, 0.15) is 24.1 Å². The lowest BCUT2D eigenvalue weighted by atomic mass is 10.0. The summed E-state index contributed by atoms with van der Waals surface area (Å²) in [5, 5.41) is 9.38. The van der Waals surface area contributed by atoms with Gasteiger partial charge in [-0.25, -0.2) is 28.5 Å². The summed E-state index contributed by atoms with van der Waals surface area (Å²) < 4.78 is 57.2. The number of carboxylic acids is 1. The van der Waals surface area contributed by atoms with Crippen LogP contribution in [-0.4, -0.2) is 44.3 Å². The Morgan fingerprint density at radius 2 is 1.78 bits per heavy atom. The van der Waals surface area contributed by atoms with E-state index in [-0.39, 0.29) is 46.9 Å². The number of carboxylic acid groups (broad SMARTS) is 1. The molecule has 0 amide bonds. The molecule has 3 heterocycles. The Bertz CT molecular complexity index is 1760. The first-order chi connectivity index (χ1) is 19.7. The van der Waals surface area contributed by atoms with Gasteiger partial charge in [-0.3, -0.25) is 0 Å². The van der Waals surface area contributed by atoms with E-state index in [1.54, 1.807) is 35.8 Å². The summed E-state index contributed by atoms with van der Waals surface area (Å²) in [6, 6.07) is 14.5. The van der Waals surface area contributed by atoms with Crippen LogP contribution in [0.1, 0.15) is 33.0 Å². The maximum atomic E-state index is 15.3. The predicted octanol–water partition coefficient (Wildman–Crippen LogP) is 5.73. The number of hydrogen-bond donors (Lipinski definition) is 1. The highest BCUT2D eigenvalue weighted by Gasteiger charge is 2.18. The maximum Gasteiger partial charge on any atom is 0.335 e. The van der Waals surface area contributed by atoms with Gasteiger partial charge in [0.05, 0.1) is 28.9 Å². The Morgan fingerprint density at radius 3 is 2.54 bits per heavy atom. The quantitative estimate of drug-likeness (QED) is 0.217. The van der Waals surface area contributed by atoms with E-state index in [9.17, 15) is 14.3 Å². The normalized spacial score (nSPS) is 11.2. The average molecular weight is 563 g/mol. The van der Waals surface area contributed by atoms with Crippen molar-refractivity contribution in [2.24, 2.45) is 0 Å². The van der Waals surface area contributed by atoms with E-state index in [0.717, 1.165) is 12.1 Å². The second-order valence-corrected chi connectivity index (χ2v) is 9.33. The molecule has 0 aliphatic heterocycles. The minimum atomic E-state index is -1.08. The lowest BCUT2D eigenvalue weighted by molar-refractivity contribution is 0.0697. The Labute approximate surface area is 233 Å². The molecule has 0 spiro atoms. The van der Waals surface area contributed by atoms with Gasteiger partial charge in [0, 0.05) is 43.0 Å². The second-order valence-electron chi connectivity index (χ2n) is 9.33. The number of fused-ring (bicyclic) bond motifs is 1. The molecule has 41 heavy (non-hydrogen) atoms. The molecule has 0 atom stereocenters. The van der Waals surface area contributed by atoms with E-state index < -0.39 is 23.6 Å². The maximum absolute atomic E-state index is 15.3. The molecule has 11 heteroatoms. The van der Waals surface area contributed by atoms with Crippen LogP contribution in [-0.2, 0) is 24.3 Å². The lowest BCUT2D eigenvalue weighted by Gasteiger charge is -2.12. The number of aromatic carboxylic acids is 1. The Balaban J connectivity index is 1.41. The highest BCUT2D eigenvalue weighted by atomic mass is 19.1. The summed E-state index contributed by atoms with van der Waals surface area (Å²) in [5.41, 5.74) is 2.07. The number of carbonyl (C=O) groups is 1. The molecule has 8 nitrogen and oxygen atoms in total. The first-order valence-corrected chi connectivity index (χ1v) is 12.6. The number of methoxy groups -OCH3 is 1. The van der Waals surface area contributed by atoms with Crippen LogP contribution in [0.4, 0.5) is 13.2 Å². The van der Waals surface area contributed by atoms with Gasteiger partial charge in [-0.05, 0) is 61.0 Å². The Kier molecular flexibility index (Phi) is 7.97. The largest absolute Gasteiger partial charge is 0.478 e. The van der Waals surface area contributed by atoms with Crippen molar-refractivity contribution in [2.45, 2.75) is 26.5 Å². The zero-order chi connectivity index (χ0) is 29.1. The molecule has 0 unspecified atom stereocenters. The number of aromatic nitrogens is 4. The third-order valence-corrected chi connectivity index (χ3v) is 6.52. The zero-order valence-electron chi connectivity index (χ0n) is 22.2. The molecule has 0 saturated heterocycles. The van der Waals surface area contributed by atoms with Gasteiger partial charge in [0.25, 0.3) is 0 Å². The van der Waals surface area contributed by atoms with E-state index >= 15 is 8.78 Å². The summed E-state index contributed by atoms with van der Waals surface area (Å²) in [6.07, 6.45) is -0.0451. The van der Waals surface area contributed by atoms with Crippen LogP contribution in [0.3, 0.4) is 0 Å².